The quantitative estimate of drug-likeness (QED) is 0.614. The zero-order valence-corrected chi connectivity index (χ0v) is 12.9. The molecule has 0 aromatic heterocycles. The van der Waals surface area contributed by atoms with Gasteiger partial charge in [0.2, 0.25) is 0 Å². The van der Waals surface area contributed by atoms with Gasteiger partial charge in [0, 0.05) is 18.6 Å². The smallest absolute Gasteiger partial charge is 0.0218 e. The van der Waals surface area contributed by atoms with Gasteiger partial charge in [0.1, 0.15) is 0 Å². The number of nitrogens with two attached hydrogens (primary N) is 1. The van der Waals surface area contributed by atoms with Crippen molar-refractivity contribution in [2.24, 2.45) is 5.73 Å². The van der Waals surface area contributed by atoms with Crippen LogP contribution < -0.4 is 5.73 Å². The standard InChI is InChI=1S/C12H28N2S2/c1-11(7-9-16-4)14(2)12(10-13)6-5-8-15-3/h11-12H,5-10,13H2,1-4H3. The summed E-state index contributed by atoms with van der Waals surface area (Å²) < 4.78 is 0. The Labute approximate surface area is 110 Å². The van der Waals surface area contributed by atoms with Crippen molar-refractivity contribution in [3.63, 3.8) is 0 Å². The third-order valence-electron chi connectivity index (χ3n) is 3.17. The number of likely N-dealkylation sites (N-methyl/N-ethyl adjacent to an activating group) is 1. The van der Waals surface area contributed by atoms with Gasteiger partial charge in [-0.25, -0.2) is 0 Å². The Morgan fingerprint density at radius 2 is 1.75 bits per heavy atom. The molecule has 0 aromatic carbocycles. The average molecular weight is 265 g/mol. The average Bonchev–Trinajstić information content (AvgIpc) is 2.31. The molecule has 98 valence electrons. The van der Waals surface area contributed by atoms with Gasteiger partial charge in [-0.2, -0.15) is 23.5 Å². The van der Waals surface area contributed by atoms with E-state index >= 15 is 0 Å². The second-order valence-corrected chi connectivity index (χ2v) is 6.29. The lowest BCUT2D eigenvalue weighted by atomic mass is 10.1. The van der Waals surface area contributed by atoms with Gasteiger partial charge < -0.3 is 5.73 Å². The molecule has 0 bridgehead atoms. The van der Waals surface area contributed by atoms with E-state index < -0.39 is 0 Å². The van der Waals surface area contributed by atoms with Crippen LogP contribution in [-0.4, -0.2) is 54.6 Å². The highest BCUT2D eigenvalue weighted by Crippen LogP contribution is 2.13. The normalized spacial score (nSPS) is 15.4. The maximum atomic E-state index is 5.87. The highest BCUT2D eigenvalue weighted by atomic mass is 32.2. The van der Waals surface area contributed by atoms with Crippen molar-refractivity contribution in [3.8, 4) is 0 Å². The molecule has 0 heterocycles. The Bertz CT molecular complexity index is 156. The van der Waals surface area contributed by atoms with E-state index in [0.717, 1.165) is 6.54 Å². The van der Waals surface area contributed by atoms with Crippen molar-refractivity contribution in [3.05, 3.63) is 0 Å². The molecule has 4 heteroatoms. The van der Waals surface area contributed by atoms with Crippen molar-refractivity contribution in [1.29, 1.82) is 0 Å². The number of hydrogen-bond acceptors (Lipinski definition) is 4. The SMILES string of the molecule is CSCCCC(CN)N(C)C(C)CCSC. The fraction of sp³-hybridized carbons (Fsp3) is 1.00. The Morgan fingerprint density at radius 1 is 1.12 bits per heavy atom. The van der Waals surface area contributed by atoms with Crippen LogP contribution in [0.25, 0.3) is 0 Å². The highest BCUT2D eigenvalue weighted by Gasteiger charge is 2.17. The van der Waals surface area contributed by atoms with Crippen LogP contribution in [0.3, 0.4) is 0 Å². The predicted molar refractivity (Wildman–Crippen MR) is 80.7 cm³/mol. The summed E-state index contributed by atoms with van der Waals surface area (Å²) in [7, 11) is 2.22. The van der Waals surface area contributed by atoms with E-state index in [2.05, 4.69) is 31.4 Å². The molecular formula is C12H28N2S2. The van der Waals surface area contributed by atoms with E-state index in [9.17, 15) is 0 Å². The molecule has 0 aromatic rings. The van der Waals surface area contributed by atoms with Crippen molar-refractivity contribution in [2.75, 3.05) is 37.6 Å². The Hall–Kier alpha value is 0.620. The first-order valence-corrected chi connectivity index (χ1v) is 8.86. The van der Waals surface area contributed by atoms with Crippen molar-refractivity contribution in [2.45, 2.75) is 38.3 Å². The Morgan fingerprint density at radius 3 is 2.25 bits per heavy atom. The molecule has 0 rings (SSSR count). The topological polar surface area (TPSA) is 29.3 Å². The Balaban J connectivity index is 3.92. The van der Waals surface area contributed by atoms with Crippen LogP contribution in [0.2, 0.25) is 0 Å². The lowest BCUT2D eigenvalue weighted by molar-refractivity contribution is 0.175. The van der Waals surface area contributed by atoms with Crippen LogP contribution in [0.15, 0.2) is 0 Å². The molecular weight excluding hydrogens is 236 g/mol. The molecule has 2 unspecified atom stereocenters. The molecule has 2 N–H and O–H groups in total. The Kier molecular flexibility index (Phi) is 11.2. The first-order chi connectivity index (χ1) is 7.67. The molecule has 16 heavy (non-hydrogen) atoms. The number of nitrogens with zero attached hydrogens (tertiary/aromatic N) is 1. The van der Waals surface area contributed by atoms with Gasteiger partial charge in [-0.15, -0.1) is 0 Å². The summed E-state index contributed by atoms with van der Waals surface area (Å²) in [5.41, 5.74) is 5.87. The number of thioether (sulfide) groups is 2. The fourth-order valence-corrected chi connectivity index (χ4v) is 2.84. The third-order valence-corrected chi connectivity index (χ3v) is 4.51. The van der Waals surface area contributed by atoms with Crippen molar-refractivity contribution in [1.82, 2.24) is 4.90 Å². The molecule has 0 saturated heterocycles. The van der Waals surface area contributed by atoms with E-state index in [1.54, 1.807) is 0 Å². The van der Waals surface area contributed by atoms with E-state index in [-0.39, 0.29) is 0 Å². The zero-order valence-electron chi connectivity index (χ0n) is 11.2. The summed E-state index contributed by atoms with van der Waals surface area (Å²) in [5, 5.41) is 0. The maximum absolute atomic E-state index is 5.87. The first kappa shape index (κ1) is 16.6. The van der Waals surface area contributed by atoms with Crippen molar-refractivity contribution >= 4 is 23.5 Å². The van der Waals surface area contributed by atoms with Crippen LogP contribution in [0.5, 0.6) is 0 Å². The fourth-order valence-electron chi connectivity index (χ4n) is 1.80. The summed E-state index contributed by atoms with van der Waals surface area (Å²) in [5.74, 6) is 2.50. The minimum absolute atomic E-state index is 0.559. The van der Waals surface area contributed by atoms with Gasteiger partial charge >= 0.3 is 0 Å². The monoisotopic (exact) mass is 264 g/mol. The van der Waals surface area contributed by atoms with Crippen LogP contribution in [0, 0.1) is 0 Å². The first-order valence-electron chi connectivity index (χ1n) is 6.07. The molecule has 0 amide bonds. The second-order valence-electron chi connectivity index (χ2n) is 4.32. The lowest BCUT2D eigenvalue weighted by Gasteiger charge is -2.32. The van der Waals surface area contributed by atoms with Crippen LogP contribution in [-0.2, 0) is 0 Å². The number of rotatable bonds is 10. The van der Waals surface area contributed by atoms with Crippen LogP contribution in [0.1, 0.15) is 26.2 Å². The van der Waals surface area contributed by atoms with Crippen LogP contribution in [0.4, 0.5) is 0 Å². The van der Waals surface area contributed by atoms with Crippen molar-refractivity contribution < 1.29 is 0 Å². The summed E-state index contributed by atoms with van der Waals surface area (Å²) >= 11 is 3.85. The van der Waals surface area contributed by atoms with E-state index in [1.807, 2.05) is 23.5 Å². The maximum Gasteiger partial charge on any atom is 0.0218 e. The minimum atomic E-state index is 0.559. The van der Waals surface area contributed by atoms with E-state index in [0.29, 0.717) is 12.1 Å². The summed E-state index contributed by atoms with van der Waals surface area (Å²) in [6.07, 6.45) is 8.12. The molecule has 0 spiro atoms. The third kappa shape index (κ3) is 7.05. The van der Waals surface area contributed by atoms with Gasteiger partial charge in [0.15, 0.2) is 0 Å². The molecule has 0 aliphatic heterocycles. The summed E-state index contributed by atoms with van der Waals surface area (Å²) in [4.78, 5) is 2.47. The van der Waals surface area contributed by atoms with Gasteiger partial charge in [0.25, 0.3) is 0 Å². The highest BCUT2D eigenvalue weighted by molar-refractivity contribution is 7.98. The predicted octanol–water partition coefficient (Wildman–Crippen LogP) is 2.53. The summed E-state index contributed by atoms with van der Waals surface area (Å²) in [6, 6.07) is 1.21. The van der Waals surface area contributed by atoms with Crippen LogP contribution >= 0.6 is 23.5 Å². The molecule has 2 nitrogen and oxygen atoms in total. The van der Waals surface area contributed by atoms with E-state index in [1.165, 1.54) is 30.8 Å². The molecule has 0 radical (unpaired) electrons. The second kappa shape index (κ2) is 10.8. The van der Waals surface area contributed by atoms with Gasteiger partial charge in [-0.3, -0.25) is 4.90 Å². The van der Waals surface area contributed by atoms with Gasteiger partial charge in [0.05, 0.1) is 0 Å². The summed E-state index contributed by atoms with van der Waals surface area (Å²) in [6.45, 7) is 3.10. The van der Waals surface area contributed by atoms with Gasteiger partial charge in [-0.05, 0) is 57.3 Å². The molecule has 0 aliphatic carbocycles. The largest absolute Gasteiger partial charge is 0.329 e. The molecule has 2 atom stereocenters. The zero-order chi connectivity index (χ0) is 12.4. The lowest BCUT2D eigenvalue weighted by Crippen LogP contribution is -2.43. The van der Waals surface area contributed by atoms with Gasteiger partial charge in [-0.1, -0.05) is 0 Å². The molecule has 0 fully saturated rings. The molecule has 0 saturated carbocycles. The number of hydrogen-bond donors (Lipinski definition) is 1. The molecule has 0 aliphatic rings. The minimum Gasteiger partial charge on any atom is -0.329 e. The van der Waals surface area contributed by atoms with E-state index in [4.69, 9.17) is 5.73 Å².